The molecule has 33 heavy (non-hydrogen) atoms. The number of urea groups is 1. The third-order valence-corrected chi connectivity index (χ3v) is 6.37. The fourth-order valence-electron chi connectivity index (χ4n) is 3.34. The number of anilines is 1. The number of aryl methyl sites for hydroxylation is 1. The maximum atomic E-state index is 13.4. The second-order valence-electron chi connectivity index (χ2n) is 7.77. The molecule has 3 amide bonds. The molecule has 0 radical (unpaired) electrons. The summed E-state index contributed by atoms with van der Waals surface area (Å²) in [5.41, 5.74) is 2.50. The Morgan fingerprint density at radius 1 is 1.06 bits per heavy atom. The first-order valence-corrected chi connectivity index (χ1v) is 12.0. The smallest absolute Gasteiger partial charge is 0.322 e. The molecule has 0 fully saturated rings. The summed E-state index contributed by atoms with van der Waals surface area (Å²) < 4.78 is 13.4. The lowest BCUT2D eigenvalue weighted by Gasteiger charge is -2.28. The van der Waals surface area contributed by atoms with E-state index < -0.39 is 0 Å². The molecule has 0 atom stereocenters. The maximum absolute atomic E-state index is 13.4. The Hall–Kier alpha value is -2.90. The molecule has 3 rings (SSSR count). The van der Waals surface area contributed by atoms with E-state index >= 15 is 0 Å². The number of carbonyl (C=O) groups is 2. The monoisotopic (exact) mass is 487 g/mol. The quantitative estimate of drug-likeness (QED) is 0.384. The van der Waals surface area contributed by atoms with Crippen molar-refractivity contribution < 1.29 is 14.0 Å². The van der Waals surface area contributed by atoms with Crippen LogP contribution in [-0.4, -0.2) is 34.8 Å². The third-order valence-electron chi connectivity index (χ3n) is 5.12. The van der Waals surface area contributed by atoms with E-state index in [0.717, 1.165) is 16.0 Å². The van der Waals surface area contributed by atoms with Gasteiger partial charge in [-0.3, -0.25) is 4.79 Å². The van der Waals surface area contributed by atoms with E-state index in [9.17, 15) is 14.0 Å². The summed E-state index contributed by atoms with van der Waals surface area (Å²) in [4.78, 5) is 30.6. The van der Waals surface area contributed by atoms with E-state index in [2.05, 4.69) is 5.32 Å². The number of carbonyl (C=O) groups excluding carboxylic acids is 2. The van der Waals surface area contributed by atoms with Gasteiger partial charge in [0.05, 0.1) is 6.54 Å². The molecule has 1 aromatic heterocycles. The molecule has 1 heterocycles. The van der Waals surface area contributed by atoms with Gasteiger partial charge in [0.25, 0.3) is 0 Å². The summed E-state index contributed by atoms with van der Waals surface area (Å²) >= 11 is 7.60. The number of hydrogen-bond acceptors (Lipinski definition) is 3. The van der Waals surface area contributed by atoms with Crippen molar-refractivity contribution in [1.82, 2.24) is 9.80 Å². The van der Waals surface area contributed by atoms with Crippen molar-refractivity contribution in [1.29, 1.82) is 0 Å². The van der Waals surface area contributed by atoms with Crippen molar-refractivity contribution >= 4 is 40.6 Å². The fourth-order valence-corrected chi connectivity index (χ4v) is 4.45. The number of halogens is 2. The van der Waals surface area contributed by atoms with Crippen LogP contribution in [0.3, 0.4) is 0 Å². The van der Waals surface area contributed by atoms with E-state index in [1.807, 2.05) is 25.3 Å². The summed E-state index contributed by atoms with van der Waals surface area (Å²) in [7, 11) is 0. The first-order chi connectivity index (χ1) is 15.9. The Morgan fingerprint density at radius 3 is 2.45 bits per heavy atom. The molecular formula is C25H27ClFN3O2S. The van der Waals surface area contributed by atoms with Gasteiger partial charge in [-0.25, -0.2) is 9.18 Å². The minimum absolute atomic E-state index is 0.0636. The van der Waals surface area contributed by atoms with E-state index in [1.165, 1.54) is 17.0 Å². The van der Waals surface area contributed by atoms with Crippen LogP contribution in [0.15, 0.2) is 60.0 Å². The molecule has 0 aliphatic heterocycles. The van der Waals surface area contributed by atoms with Gasteiger partial charge in [0, 0.05) is 28.7 Å². The van der Waals surface area contributed by atoms with Crippen LogP contribution in [0.1, 0.15) is 29.3 Å². The summed E-state index contributed by atoms with van der Waals surface area (Å²) in [6.45, 7) is 5.08. The predicted molar refractivity (Wildman–Crippen MR) is 132 cm³/mol. The van der Waals surface area contributed by atoms with E-state index in [0.29, 0.717) is 36.8 Å². The summed E-state index contributed by atoms with van der Waals surface area (Å²) in [5, 5.41) is 5.32. The van der Waals surface area contributed by atoms with Gasteiger partial charge in [0.2, 0.25) is 5.91 Å². The van der Waals surface area contributed by atoms with Crippen molar-refractivity contribution in [3.8, 4) is 0 Å². The molecule has 3 aromatic rings. The molecule has 2 aromatic carbocycles. The molecule has 0 aliphatic carbocycles. The first kappa shape index (κ1) is 24.7. The van der Waals surface area contributed by atoms with Gasteiger partial charge in [-0.05, 0) is 66.2 Å². The lowest BCUT2D eigenvalue weighted by molar-refractivity contribution is -0.133. The molecule has 174 valence electrons. The minimum atomic E-state index is -0.360. The van der Waals surface area contributed by atoms with Gasteiger partial charge < -0.3 is 15.1 Å². The standard InChI is InChI=1S/C25H27ClFN3O2S/c1-3-12-29(25(32)28-22-6-4-5-20(26)14-22)17-24(31)30(16-23-18(2)11-13-33-23)15-19-7-9-21(27)10-8-19/h4-11,13-14H,3,12,15-17H2,1-2H3,(H,28,32). The van der Waals surface area contributed by atoms with Crippen molar-refractivity contribution in [2.24, 2.45) is 0 Å². The molecule has 0 aliphatic rings. The highest BCUT2D eigenvalue weighted by molar-refractivity contribution is 7.10. The Bertz CT molecular complexity index is 1090. The second-order valence-corrected chi connectivity index (χ2v) is 9.20. The van der Waals surface area contributed by atoms with Crippen molar-refractivity contribution in [2.45, 2.75) is 33.4 Å². The van der Waals surface area contributed by atoms with Gasteiger partial charge in [0.1, 0.15) is 12.4 Å². The highest BCUT2D eigenvalue weighted by Gasteiger charge is 2.22. The van der Waals surface area contributed by atoms with Gasteiger partial charge in [-0.15, -0.1) is 11.3 Å². The van der Waals surface area contributed by atoms with Crippen molar-refractivity contribution in [3.05, 3.63) is 86.8 Å². The molecular weight excluding hydrogens is 461 g/mol. The van der Waals surface area contributed by atoms with Crippen LogP contribution in [0, 0.1) is 12.7 Å². The number of hydrogen-bond donors (Lipinski definition) is 1. The first-order valence-electron chi connectivity index (χ1n) is 10.7. The Labute approximate surface area is 202 Å². The highest BCUT2D eigenvalue weighted by atomic mass is 35.5. The minimum Gasteiger partial charge on any atom is -0.332 e. The SMILES string of the molecule is CCCN(CC(=O)N(Cc1ccc(F)cc1)Cc1sccc1C)C(=O)Nc1cccc(Cl)c1. The summed E-state index contributed by atoms with van der Waals surface area (Å²) in [6.07, 6.45) is 0.707. The van der Waals surface area contributed by atoms with E-state index in [4.69, 9.17) is 11.6 Å². The number of amides is 3. The second kappa shape index (κ2) is 11.8. The lowest BCUT2D eigenvalue weighted by Crippen LogP contribution is -2.44. The largest absolute Gasteiger partial charge is 0.332 e. The highest BCUT2D eigenvalue weighted by Crippen LogP contribution is 2.20. The van der Waals surface area contributed by atoms with Crippen LogP contribution in [0.2, 0.25) is 5.02 Å². The number of nitrogens with one attached hydrogen (secondary N) is 1. The molecule has 0 bridgehead atoms. The summed E-state index contributed by atoms with van der Waals surface area (Å²) in [5.74, 6) is -0.501. The van der Waals surface area contributed by atoms with Gasteiger partial charge >= 0.3 is 6.03 Å². The topological polar surface area (TPSA) is 52.7 Å². The zero-order valence-corrected chi connectivity index (χ0v) is 20.3. The number of rotatable bonds is 9. The lowest BCUT2D eigenvalue weighted by atomic mass is 10.2. The van der Waals surface area contributed by atoms with Crippen LogP contribution < -0.4 is 5.32 Å². The van der Waals surface area contributed by atoms with Gasteiger partial charge in [0.15, 0.2) is 0 Å². The van der Waals surface area contributed by atoms with Crippen LogP contribution in [-0.2, 0) is 17.9 Å². The fraction of sp³-hybridized carbons (Fsp3) is 0.280. The Kier molecular flexibility index (Phi) is 8.86. The zero-order valence-electron chi connectivity index (χ0n) is 18.7. The molecule has 8 heteroatoms. The van der Waals surface area contributed by atoms with Crippen molar-refractivity contribution in [3.63, 3.8) is 0 Å². The van der Waals surface area contributed by atoms with Gasteiger partial charge in [-0.1, -0.05) is 36.7 Å². The molecule has 0 saturated carbocycles. The van der Waals surface area contributed by atoms with E-state index in [-0.39, 0.29) is 24.3 Å². The maximum Gasteiger partial charge on any atom is 0.322 e. The third kappa shape index (κ3) is 7.30. The van der Waals surface area contributed by atoms with Gasteiger partial charge in [-0.2, -0.15) is 0 Å². The molecule has 1 N–H and O–H groups in total. The molecule has 0 spiro atoms. The van der Waals surface area contributed by atoms with Crippen LogP contribution in [0.5, 0.6) is 0 Å². The summed E-state index contributed by atoms with van der Waals surface area (Å²) in [6, 6.07) is 14.7. The zero-order chi connectivity index (χ0) is 23.8. The molecule has 0 unspecified atom stereocenters. The number of thiophene rings is 1. The molecule has 5 nitrogen and oxygen atoms in total. The normalized spacial score (nSPS) is 10.7. The van der Waals surface area contributed by atoms with Crippen LogP contribution >= 0.6 is 22.9 Å². The van der Waals surface area contributed by atoms with E-state index in [1.54, 1.807) is 52.6 Å². The van der Waals surface area contributed by atoms with Crippen LogP contribution in [0.25, 0.3) is 0 Å². The number of nitrogens with zero attached hydrogens (tertiary/aromatic N) is 2. The number of benzene rings is 2. The Balaban J connectivity index is 1.76. The Morgan fingerprint density at radius 2 is 1.82 bits per heavy atom. The average molecular weight is 488 g/mol. The predicted octanol–water partition coefficient (Wildman–Crippen LogP) is 6.32. The molecule has 0 saturated heterocycles. The van der Waals surface area contributed by atoms with Crippen LogP contribution in [0.4, 0.5) is 14.9 Å². The average Bonchev–Trinajstić information content (AvgIpc) is 3.18. The van der Waals surface area contributed by atoms with Crippen molar-refractivity contribution in [2.75, 3.05) is 18.4 Å².